The molecule has 92 valence electrons. The van der Waals surface area contributed by atoms with Crippen molar-refractivity contribution in [1.29, 1.82) is 0 Å². The summed E-state index contributed by atoms with van der Waals surface area (Å²) in [6.07, 6.45) is 3.16. The molecule has 0 aliphatic heterocycles. The Kier molecular flexibility index (Phi) is 2.40. The lowest BCUT2D eigenvalue weighted by Gasteiger charge is -2.08. The van der Waals surface area contributed by atoms with Gasteiger partial charge in [0.1, 0.15) is 17.1 Å². The van der Waals surface area contributed by atoms with Gasteiger partial charge in [-0.15, -0.1) is 0 Å². The maximum Gasteiger partial charge on any atom is 0.339 e. The maximum absolute atomic E-state index is 13.7. The van der Waals surface area contributed by atoms with Crippen LogP contribution in [0.4, 0.5) is 4.39 Å². The van der Waals surface area contributed by atoms with Crippen molar-refractivity contribution >= 4 is 5.97 Å². The maximum atomic E-state index is 13.7. The third-order valence-electron chi connectivity index (χ3n) is 3.08. The van der Waals surface area contributed by atoms with Gasteiger partial charge in [-0.1, -0.05) is 12.1 Å². The van der Waals surface area contributed by atoms with E-state index < -0.39 is 11.8 Å². The van der Waals surface area contributed by atoms with Gasteiger partial charge in [0.05, 0.1) is 11.9 Å². The number of para-hydroxylation sites is 1. The van der Waals surface area contributed by atoms with Crippen molar-refractivity contribution in [1.82, 2.24) is 9.78 Å². The molecule has 1 fully saturated rings. The van der Waals surface area contributed by atoms with Gasteiger partial charge < -0.3 is 5.11 Å². The molecule has 1 heterocycles. The van der Waals surface area contributed by atoms with E-state index in [-0.39, 0.29) is 11.5 Å². The molecule has 0 radical (unpaired) electrons. The molecule has 0 saturated heterocycles. The Bertz CT molecular complexity index is 617. The van der Waals surface area contributed by atoms with Crippen LogP contribution < -0.4 is 0 Å². The normalized spacial score (nSPS) is 14.7. The summed E-state index contributed by atoms with van der Waals surface area (Å²) < 4.78 is 15.2. The van der Waals surface area contributed by atoms with Crippen LogP contribution in [0.5, 0.6) is 0 Å². The van der Waals surface area contributed by atoms with Gasteiger partial charge in [0, 0.05) is 5.92 Å². The smallest absolute Gasteiger partial charge is 0.339 e. The number of aromatic carboxylic acids is 1. The van der Waals surface area contributed by atoms with Crippen LogP contribution in [0.3, 0.4) is 0 Å². The van der Waals surface area contributed by atoms with E-state index in [1.165, 1.54) is 16.9 Å². The van der Waals surface area contributed by atoms with Gasteiger partial charge in [0.2, 0.25) is 0 Å². The lowest BCUT2D eigenvalue weighted by molar-refractivity contribution is 0.0695. The molecule has 1 aliphatic rings. The van der Waals surface area contributed by atoms with E-state index in [1.54, 1.807) is 18.2 Å². The molecule has 3 rings (SSSR count). The number of halogens is 1. The van der Waals surface area contributed by atoms with Gasteiger partial charge in [-0.2, -0.15) is 5.10 Å². The molecular formula is C13H11FN2O2. The van der Waals surface area contributed by atoms with E-state index in [1.807, 2.05) is 0 Å². The predicted octanol–water partition coefficient (Wildman–Crippen LogP) is 2.59. The zero-order valence-electron chi connectivity index (χ0n) is 9.51. The van der Waals surface area contributed by atoms with Crippen molar-refractivity contribution in [3.63, 3.8) is 0 Å². The summed E-state index contributed by atoms with van der Waals surface area (Å²) in [5.74, 6) is -1.24. The molecule has 1 aromatic carbocycles. The molecule has 1 saturated carbocycles. The lowest BCUT2D eigenvalue weighted by Crippen LogP contribution is -2.07. The molecule has 0 amide bonds. The molecule has 5 heteroatoms. The first-order valence-corrected chi connectivity index (χ1v) is 5.74. The number of hydrogen-bond acceptors (Lipinski definition) is 2. The van der Waals surface area contributed by atoms with Crippen molar-refractivity contribution in [2.75, 3.05) is 0 Å². The molecule has 1 N–H and O–H groups in total. The third kappa shape index (κ3) is 1.68. The number of nitrogens with zero attached hydrogens (tertiary/aromatic N) is 2. The Morgan fingerprint density at radius 1 is 1.39 bits per heavy atom. The highest BCUT2D eigenvalue weighted by molar-refractivity contribution is 5.89. The summed E-state index contributed by atoms with van der Waals surface area (Å²) in [4.78, 5) is 11.1. The van der Waals surface area contributed by atoms with Crippen LogP contribution in [-0.4, -0.2) is 20.9 Å². The molecule has 2 aromatic rings. The zero-order chi connectivity index (χ0) is 12.7. The Morgan fingerprint density at radius 3 is 2.72 bits per heavy atom. The number of rotatable bonds is 3. The molecule has 1 aliphatic carbocycles. The Morgan fingerprint density at radius 2 is 2.11 bits per heavy atom. The summed E-state index contributed by atoms with van der Waals surface area (Å²) in [5.41, 5.74) is 1.07. The molecule has 1 aromatic heterocycles. The second-order valence-electron chi connectivity index (χ2n) is 4.39. The van der Waals surface area contributed by atoms with Crippen molar-refractivity contribution in [3.05, 3.63) is 47.5 Å². The SMILES string of the molecule is O=C(O)c1cnn(-c2ccccc2F)c1C1CC1. The molecule has 18 heavy (non-hydrogen) atoms. The van der Waals surface area contributed by atoms with E-state index in [2.05, 4.69) is 5.10 Å². The number of benzene rings is 1. The van der Waals surface area contributed by atoms with Crippen LogP contribution >= 0.6 is 0 Å². The van der Waals surface area contributed by atoms with Gasteiger partial charge in [-0.25, -0.2) is 13.9 Å². The number of carboxylic acid groups (broad SMARTS) is 1. The largest absolute Gasteiger partial charge is 0.478 e. The van der Waals surface area contributed by atoms with Crippen molar-refractivity contribution in [2.24, 2.45) is 0 Å². The summed E-state index contributed by atoms with van der Waals surface area (Å²) in [6.45, 7) is 0. The number of carbonyl (C=O) groups is 1. The van der Waals surface area contributed by atoms with E-state index >= 15 is 0 Å². The summed E-state index contributed by atoms with van der Waals surface area (Å²) in [5, 5.41) is 13.2. The average Bonchev–Trinajstić information content (AvgIpc) is 3.09. The molecule has 0 atom stereocenters. The Balaban J connectivity index is 2.18. The van der Waals surface area contributed by atoms with Crippen molar-refractivity contribution in [2.45, 2.75) is 18.8 Å². The third-order valence-corrected chi connectivity index (χ3v) is 3.08. The minimum atomic E-state index is -1.01. The lowest BCUT2D eigenvalue weighted by atomic mass is 10.1. The summed E-state index contributed by atoms with van der Waals surface area (Å²) in [6, 6.07) is 6.24. The van der Waals surface area contributed by atoms with E-state index in [4.69, 9.17) is 5.11 Å². The van der Waals surface area contributed by atoms with Crippen molar-refractivity contribution < 1.29 is 14.3 Å². The first-order chi connectivity index (χ1) is 8.68. The minimum Gasteiger partial charge on any atom is -0.478 e. The predicted molar refractivity (Wildman–Crippen MR) is 62.5 cm³/mol. The van der Waals surface area contributed by atoms with E-state index in [0.29, 0.717) is 11.4 Å². The summed E-state index contributed by atoms with van der Waals surface area (Å²) >= 11 is 0. The topological polar surface area (TPSA) is 55.1 Å². The van der Waals surface area contributed by atoms with Gasteiger partial charge in [-0.05, 0) is 25.0 Å². The van der Waals surface area contributed by atoms with Gasteiger partial charge in [0.15, 0.2) is 0 Å². The zero-order valence-corrected chi connectivity index (χ0v) is 9.51. The monoisotopic (exact) mass is 246 g/mol. The Hall–Kier alpha value is -2.17. The molecule has 0 unspecified atom stereocenters. The van der Waals surface area contributed by atoms with Crippen LogP contribution in [0, 0.1) is 5.82 Å². The van der Waals surface area contributed by atoms with E-state index in [0.717, 1.165) is 12.8 Å². The minimum absolute atomic E-state index is 0.167. The van der Waals surface area contributed by atoms with Crippen LogP contribution in [0.1, 0.15) is 34.8 Å². The van der Waals surface area contributed by atoms with Gasteiger partial charge in [-0.3, -0.25) is 0 Å². The standard InChI is InChI=1S/C13H11FN2O2/c14-10-3-1-2-4-11(10)16-12(8-5-6-8)9(7-15-16)13(17)18/h1-4,7-8H,5-6H2,(H,17,18). The van der Waals surface area contributed by atoms with Crippen molar-refractivity contribution in [3.8, 4) is 5.69 Å². The first kappa shape index (κ1) is 11.0. The second-order valence-corrected chi connectivity index (χ2v) is 4.39. The molecule has 0 spiro atoms. The van der Waals surface area contributed by atoms with Gasteiger partial charge in [0.25, 0.3) is 0 Å². The fourth-order valence-corrected chi connectivity index (χ4v) is 2.09. The highest BCUT2D eigenvalue weighted by Gasteiger charge is 2.33. The van der Waals surface area contributed by atoms with Crippen LogP contribution in [0.15, 0.2) is 30.5 Å². The number of aromatic nitrogens is 2. The van der Waals surface area contributed by atoms with Crippen LogP contribution in [0.25, 0.3) is 5.69 Å². The Labute approximate surface area is 103 Å². The average molecular weight is 246 g/mol. The fraction of sp³-hybridized carbons (Fsp3) is 0.231. The fourth-order valence-electron chi connectivity index (χ4n) is 2.09. The van der Waals surface area contributed by atoms with Gasteiger partial charge >= 0.3 is 5.97 Å². The number of hydrogen-bond donors (Lipinski definition) is 1. The molecule has 0 bridgehead atoms. The summed E-state index contributed by atoms with van der Waals surface area (Å²) in [7, 11) is 0. The van der Waals surface area contributed by atoms with E-state index in [9.17, 15) is 9.18 Å². The quantitative estimate of drug-likeness (QED) is 0.905. The molecule has 4 nitrogen and oxygen atoms in total. The van der Waals surface area contributed by atoms with Crippen LogP contribution in [0.2, 0.25) is 0 Å². The molecular weight excluding hydrogens is 235 g/mol. The van der Waals surface area contributed by atoms with Crippen LogP contribution in [-0.2, 0) is 0 Å². The second kappa shape index (κ2) is 3.94. The highest BCUT2D eigenvalue weighted by Crippen LogP contribution is 2.42. The number of carboxylic acids is 1. The highest BCUT2D eigenvalue weighted by atomic mass is 19.1. The first-order valence-electron chi connectivity index (χ1n) is 5.74.